The van der Waals surface area contributed by atoms with Crippen molar-refractivity contribution in [2.45, 2.75) is 52.4 Å². The van der Waals surface area contributed by atoms with Gasteiger partial charge in [-0.2, -0.15) is 0 Å². The molecule has 6 heterocycles. The van der Waals surface area contributed by atoms with Crippen molar-refractivity contribution in [1.82, 2.24) is 13.7 Å². The maximum absolute atomic E-state index is 2.67. The SMILES string of the molecule is CC(C)(C)c1ccc(N2c3cc(-n4c5cc6ccccc6cc5c5c6ccccc6ccc54)cc4c3B(c3sc5ccc(C(C)(C)C)cc5c32)c2cccc3c5c(ccc6c7ccccc7n(-c7ccccc7)c65)n-4c23)cc1. The summed E-state index contributed by atoms with van der Waals surface area (Å²) in [6.07, 6.45) is 0. The van der Waals surface area contributed by atoms with Crippen LogP contribution in [0.5, 0.6) is 0 Å². The van der Waals surface area contributed by atoms with Crippen molar-refractivity contribution in [3.8, 4) is 17.1 Å². The van der Waals surface area contributed by atoms with Gasteiger partial charge in [-0.25, -0.2) is 0 Å². The van der Waals surface area contributed by atoms with Gasteiger partial charge in [-0.15, -0.1) is 11.3 Å². The minimum absolute atomic E-state index is 0.000466. The Kier molecular flexibility index (Phi) is 8.77. The lowest BCUT2D eigenvalue weighted by molar-refractivity contribution is 0.590. The van der Waals surface area contributed by atoms with E-state index in [2.05, 4.69) is 272 Å². The highest BCUT2D eigenvalue weighted by molar-refractivity contribution is 7.33. The number of anilines is 3. The van der Waals surface area contributed by atoms with Crippen LogP contribution in [0.3, 0.4) is 0 Å². The van der Waals surface area contributed by atoms with Gasteiger partial charge in [0.1, 0.15) is 0 Å². The molecule has 0 bridgehead atoms. The molecule has 0 fully saturated rings. The molecule has 0 radical (unpaired) electrons. The van der Waals surface area contributed by atoms with Gasteiger partial charge in [-0.05, 0) is 133 Å². The smallest absolute Gasteiger partial charge is 0.264 e. The summed E-state index contributed by atoms with van der Waals surface area (Å²) in [5, 5.41) is 13.9. The van der Waals surface area contributed by atoms with Crippen LogP contribution in [-0.4, -0.2) is 20.4 Å². The standard InChI is InChI=1S/C72H53BN4S/c1-71(2,3)45-28-31-48(32-29-45)76-61-40-49(74-58-34-27-42-17-12-13-22-50(42)64(58)54-37-43-18-10-11-19-44(43)38-60(54)74)41-62-66(61)73(70-69(76)55-39-46(72(4,5)6)30-36-63(55)78-70)56-25-16-24-53-65-59(77(62)67(53)56)35-33-52-51-23-14-15-26-57(51)75(68(52)65)47-20-8-7-9-21-47/h7-41H,1-6H3. The average Bonchev–Trinajstić information content (AvgIpc) is 3.80. The topological polar surface area (TPSA) is 18.0 Å². The summed E-state index contributed by atoms with van der Waals surface area (Å²) < 4.78 is 10.5. The second-order valence-corrected chi connectivity index (χ2v) is 25.2. The molecule has 0 amide bonds. The van der Waals surface area contributed by atoms with Gasteiger partial charge in [0.15, 0.2) is 0 Å². The van der Waals surface area contributed by atoms with E-state index in [9.17, 15) is 0 Å². The van der Waals surface area contributed by atoms with E-state index in [0.29, 0.717) is 0 Å². The molecule has 17 rings (SSSR count). The molecule has 78 heavy (non-hydrogen) atoms. The molecule has 6 heteroatoms. The third-order valence-corrected chi connectivity index (χ3v) is 18.9. The van der Waals surface area contributed by atoms with Crippen LogP contribution in [0.4, 0.5) is 17.1 Å². The van der Waals surface area contributed by atoms with Crippen LogP contribution in [0.1, 0.15) is 52.7 Å². The second kappa shape index (κ2) is 15.4. The van der Waals surface area contributed by atoms with Crippen LogP contribution in [0.15, 0.2) is 212 Å². The van der Waals surface area contributed by atoms with Gasteiger partial charge in [0.25, 0.3) is 6.71 Å². The van der Waals surface area contributed by atoms with Gasteiger partial charge < -0.3 is 18.6 Å². The zero-order valence-corrected chi connectivity index (χ0v) is 45.3. The number of para-hydroxylation sites is 3. The van der Waals surface area contributed by atoms with Gasteiger partial charge in [0.2, 0.25) is 0 Å². The molecule has 15 aromatic rings. The van der Waals surface area contributed by atoms with Crippen molar-refractivity contribution < 1.29 is 0 Å². The monoisotopic (exact) mass is 1020 g/mol. The zero-order chi connectivity index (χ0) is 52.1. The van der Waals surface area contributed by atoms with E-state index in [1.54, 1.807) is 0 Å². The molecule has 0 saturated carbocycles. The number of rotatable bonds is 3. The van der Waals surface area contributed by atoms with Gasteiger partial charge >= 0.3 is 0 Å². The third kappa shape index (κ3) is 5.90. The van der Waals surface area contributed by atoms with E-state index in [1.165, 1.54) is 141 Å². The molecular weight excluding hydrogens is 964 g/mol. The van der Waals surface area contributed by atoms with Crippen molar-refractivity contribution in [2.75, 3.05) is 4.90 Å². The normalized spacial score (nSPS) is 13.5. The van der Waals surface area contributed by atoms with E-state index >= 15 is 0 Å². The zero-order valence-electron chi connectivity index (χ0n) is 44.5. The van der Waals surface area contributed by atoms with Crippen LogP contribution in [-0.2, 0) is 10.8 Å². The number of hydrogen-bond donors (Lipinski definition) is 0. The highest BCUT2D eigenvalue weighted by atomic mass is 32.1. The van der Waals surface area contributed by atoms with Crippen molar-refractivity contribution >= 4 is 148 Å². The van der Waals surface area contributed by atoms with E-state index in [-0.39, 0.29) is 17.5 Å². The number of aromatic nitrogens is 3. The van der Waals surface area contributed by atoms with Crippen LogP contribution >= 0.6 is 11.3 Å². The van der Waals surface area contributed by atoms with Crippen molar-refractivity contribution in [1.29, 1.82) is 0 Å². The predicted octanol–water partition coefficient (Wildman–Crippen LogP) is 17.7. The number of hydrogen-bond acceptors (Lipinski definition) is 2. The molecule has 0 unspecified atom stereocenters. The maximum atomic E-state index is 2.67. The van der Waals surface area contributed by atoms with Crippen LogP contribution in [0.2, 0.25) is 0 Å². The molecule has 0 atom stereocenters. The largest absolute Gasteiger partial charge is 0.310 e. The van der Waals surface area contributed by atoms with E-state index in [0.717, 1.165) is 17.1 Å². The van der Waals surface area contributed by atoms with Crippen molar-refractivity contribution in [2.24, 2.45) is 0 Å². The molecule has 2 aliphatic rings. The van der Waals surface area contributed by atoms with Crippen LogP contribution in [0.25, 0.3) is 114 Å². The molecule has 0 saturated heterocycles. The maximum Gasteiger partial charge on any atom is 0.264 e. The average molecular weight is 1020 g/mol. The highest BCUT2D eigenvalue weighted by Crippen LogP contribution is 2.50. The quantitative estimate of drug-likeness (QED) is 0.161. The highest BCUT2D eigenvalue weighted by Gasteiger charge is 2.45. The molecule has 11 aromatic carbocycles. The fraction of sp³-hybridized carbons (Fsp3) is 0.111. The van der Waals surface area contributed by atoms with E-state index < -0.39 is 0 Å². The predicted molar refractivity (Wildman–Crippen MR) is 337 cm³/mol. The van der Waals surface area contributed by atoms with Gasteiger partial charge in [0, 0.05) is 75.4 Å². The molecule has 370 valence electrons. The van der Waals surface area contributed by atoms with Gasteiger partial charge in [-0.3, -0.25) is 0 Å². The first-order chi connectivity index (χ1) is 38.0. The number of nitrogens with zero attached hydrogens (tertiary/aromatic N) is 4. The Morgan fingerprint density at radius 3 is 1.83 bits per heavy atom. The fourth-order valence-electron chi connectivity index (χ4n) is 14.0. The summed E-state index contributed by atoms with van der Waals surface area (Å²) in [6, 6.07) is 81.2. The lowest BCUT2D eigenvalue weighted by Gasteiger charge is -2.39. The first-order valence-corrected chi connectivity index (χ1v) is 28.4. The molecular formula is C72H53BN4S. The molecule has 0 spiro atoms. The first kappa shape index (κ1) is 44.3. The Morgan fingerprint density at radius 1 is 0.372 bits per heavy atom. The lowest BCUT2D eigenvalue weighted by Crippen LogP contribution is -2.59. The summed E-state index contributed by atoms with van der Waals surface area (Å²) in [5.41, 5.74) is 19.8. The Labute approximate surface area is 456 Å². The van der Waals surface area contributed by atoms with Crippen molar-refractivity contribution in [3.63, 3.8) is 0 Å². The summed E-state index contributed by atoms with van der Waals surface area (Å²) in [6.45, 7) is 14.0. The molecule has 0 aliphatic carbocycles. The van der Waals surface area contributed by atoms with E-state index in [4.69, 9.17) is 0 Å². The Hall–Kier alpha value is -8.84. The van der Waals surface area contributed by atoms with Gasteiger partial charge in [-0.1, -0.05) is 175 Å². The first-order valence-electron chi connectivity index (χ1n) is 27.5. The minimum Gasteiger partial charge on any atom is -0.310 e. The van der Waals surface area contributed by atoms with E-state index in [1.807, 2.05) is 11.3 Å². The minimum atomic E-state index is -0.0368. The second-order valence-electron chi connectivity index (χ2n) is 24.1. The summed E-state index contributed by atoms with van der Waals surface area (Å²) in [4.78, 5) is 2.66. The van der Waals surface area contributed by atoms with Gasteiger partial charge in [0.05, 0.1) is 39.0 Å². The third-order valence-electron chi connectivity index (χ3n) is 17.6. The van der Waals surface area contributed by atoms with Crippen molar-refractivity contribution in [3.05, 3.63) is 223 Å². The molecule has 4 aromatic heterocycles. The lowest BCUT2D eigenvalue weighted by atomic mass is 9.36. The Balaban J connectivity index is 1.08. The Morgan fingerprint density at radius 2 is 1.04 bits per heavy atom. The van der Waals surface area contributed by atoms with Crippen LogP contribution < -0.4 is 20.6 Å². The molecule has 2 aliphatic heterocycles. The number of benzene rings is 11. The number of thiophene rings is 1. The number of fused-ring (bicyclic) bond motifs is 19. The summed E-state index contributed by atoms with van der Waals surface area (Å²) in [5.74, 6) is 0. The fourth-order valence-corrected chi connectivity index (χ4v) is 15.3. The molecule has 0 N–H and O–H groups in total. The summed E-state index contributed by atoms with van der Waals surface area (Å²) in [7, 11) is 0. The molecule has 4 nitrogen and oxygen atoms in total. The Bertz CT molecular complexity index is 5110. The summed E-state index contributed by atoms with van der Waals surface area (Å²) >= 11 is 1.98. The van der Waals surface area contributed by atoms with Crippen LogP contribution in [0, 0.1) is 0 Å².